The number of hydrogen-bond donors (Lipinski definition) is 2. The number of aryl methyl sites for hydroxylation is 1. The molecule has 10 heteroatoms. The summed E-state index contributed by atoms with van der Waals surface area (Å²) in [6.45, 7) is 1.80. The number of ether oxygens (including phenoxy) is 1. The topological polar surface area (TPSA) is 99.2 Å². The normalized spacial score (nSPS) is 10.7. The number of carbonyl (C=O) groups is 2. The predicted molar refractivity (Wildman–Crippen MR) is 112 cm³/mol. The van der Waals surface area contributed by atoms with Crippen LogP contribution in [0.3, 0.4) is 0 Å². The molecular weight excluding hydrogens is 420 g/mol. The first-order valence-corrected chi connectivity index (χ1v) is 10.3. The molecule has 0 unspecified atom stereocenters. The number of hydrogen-bond acceptors (Lipinski definition) is 6. The Morgan fingerprint density at radius 2 is 2.07 bits per heavy atom. The SMILES string of the molecule is COc1cc(-n2cccc2)c(Cl)cc1C(=O)Nc1nc(C)c(SCC(N)=O)s1. The molecule has 0 fully saturated rings. The molecule has 3 N–H and O–H groups in total. The van der Waals surface area contributed by atoms with E-state index in [1.54, 1.807) is 19.1 Å². The van der Waals surface area contributed by atoms with Crippen molar-refractivity contribution in [1.29, 1.82) is 0 Å². The number of nitrogens with one attached hydrogen (secondary N) is 1. The van der Waals surface area contributed by atoms with E-state index in [0.717, 1.165) is 9.90 Å². The highest BCUT2D eigenvalue weighted by molar-refractivity contribution is 8.01. The first kappa shape index (κ1) is 20.2. The van der Waals surface area contributed by atoms with Gasteiger partial charge in [-0.25, -0.2) is 4.98 Å². The van der Waals surface area contributed by atoms with Crippen molar-refractivity contribution in [3.05, 3.63) is 52.9 Å². The summed E-state index contributed by atoms with van der Waals surface area (Å²) in [4.78, 5) is 28.0. The summed E-state index contributed by atoms with van der Waals surface area (Å²) in [5.74, 6) is -0.258. The predicted octanol–water partition coefficient (Wildman–Crippen LogP) is 3.73. The standard InChI is InChI=1S/C18H17ClN4O3S2/c1-10-17(27-9-15(20)24)28-18(21-10)22-16(25)11-7-12(19)13(8-14(11)26-2)23-5-3-4-6-23/h3-8H,9H2,1-2H3,(H2,20,24)(H,21,22,25). The van der Waals surface area contributed by atoms with Crippen LogP contribution in [0.15, 0.2) is 40.9 Å². The highest BCUT2D eigenvalue weighted by atomic mass is 35.5. The average Bonchev–Trinajstić information content (AvgIpc) is 3.29. The van der Waals surface area contributed by atoms with Gasteiger partial charge in [0, 0.05) is 18.5 Å². The van der Waals surface area contributed by atoms with Gasteiger partial charge in [0.15, 0.2) is 5.13 Å². The summed E-state index contributed by atoms with van der Waals surface area (Å²) in [5, 5.41) is 3.59. The molecule has 3 rings (SSSR count). The van der Waals surface area contributed by atoms with Gasteiger partial charge in [-0.1, -0.05) is 22.9 Å². The summed E-state index contributed by atoms with van der Waals surface area (Å²) in [6, 6.07) is 7.02. The zero-order chi connectivity index (χ0) is 20.3. The van der Waals surface area contributed by atoms with E-state index >= 15 is 0 Å². The molecule has 28 heavy (non-hydrogen) atoms. The van der Waals surface area contributed by atoms with E-state index in [4.69, 9.17) is 22.1 Å². The number of nitrogens with zero attached hydrogens (tertiary/aromatic N) is 2. The van der Waals surface area contributed by atoms with Gasteiger partial charge in [-0.05, 0) is 25.1 Å². The fourth-order valence-electron chi connectivity index (χ4n) is 2.45. The average molecular weight is 437 g/mol. The Morgan fingerprint density at radius 1 is 1.36 bits per heavy atom. The van der Waals surface area contributed by atoms with Gasteiger partial charge in [0.25, 0.3) is 5.91 Å². The number of methoxy groups -OCH3 is 1. The molecule has 7 nitrogen and oxygen atoms in total. The molecule has 0 saturated heterocycles. The van der Waals surface area contributed by atoms with E-state index in [1.807, 2.05) is 29.1 Å². The second-order valence-corrected chi connectivity index (χ2v) is 8.35. The number of thiazole rings is 1. The molecule has 0 aliphatic heterocycles. The lowest BCUT2D eigenvalue weighted by atomic mass is 10.1. The van der Waals surface area contributed by atoms with Crippen molar-refractivity contribution in [3.8, 4) is 11.4 Å². The smallest absolute Gasteiger partial charge is 0.261 e. The van der Waals surface area contributed by atoms with Crippen LogP contribution < -0.4 is 15.8 Å². The lowest BCUT2D eigenvalue weighted by molar-refractivity contribution is -0.115. The molecule has 0 aliphatic rings. The highest BCUT2D eigenvalue weighted by Crippen LogP contribution is 2.34. The Bertz CT molecular complexity index is 1020. The van der Waals surface area contributed by atoms with Crippen LogP contribution in [-0.2, 0) is 4.79 Å². The maximum Gasteiger partial charge on any atom is 0.261 e. The molecule has 146 valence electrons. The van der Waals surface area contributed by atoms with Gasteiger partial charge < -0.3 is 15.0 Å². The summed E-state index contributed by atoms with van der Waals surface area (Å²) in [6.07, 6.45) is 3.70. The van der Waals surface area contributed by atoms with Crippen LogP contribution in [0.25, 0.3) is 5.69 Å². The monoisotopic (exact) mass is 436 g/mol. The van der Waals surface area contributed by atoms with Crippen molar-refractivity contribution in [2.45, 2.75) is 11.1 Å². The molecule has 3 aromatic rings. The van der Waals surface area contributed by atoms with Crippen molar-refractivity contribution in [2.75, 3.05) is 18.2 Å². The number of halogens is 1. The number of primary amides is 1. The van der Waals surface area contributed by atoms with Gasteiger partial charge in [0.2, 0.25) is 5.91 Å². The molecule has 2 aromatic heterocycles. The van der Waals surface area contributed by atoms with E-state index in [9.17, 15) is 9.59 Å². The van der Waals surface area contributed by atoms with E-state index < -0.39 is 11.8 Å². The van der Waals surface area contributed by atoms with Crippen molar-refractivity contribution in [1.82, 2.24) is 9.55 Å². The molecular formula is C18H17ClN4O3S2. The summed E-state index contributed by atoms with van der Waals surface area (Å²) < 4.78 is 8.04. The molecule has 0 atom stereocenters. The van der Waals surface area contributed by atoms with E-state index in [0.29, 0.717) is 27.2 Å². The molecule has 2 heterocycles. The van der Waals surface area contributed by atoms with Crippen LogP contribution in [0.1, 0.15) is 16.1 Å². The Balaban J connectivity index is 1.84. The first-order valence-electron chi connectivity index (χ1n) is 8.09. The summed E-state index contributed by atoms with van der Waals surface area (Å²) in [7, 11) is 1.49. The number of thioether (sulfide) groups is 1. The van der Waals surface area contributed by atoms with Crippen molar-refractivity contribution in [3.63, 3.8) is 0 Å². The van der Waals surface area contributed by atoms with Gasteiger partial charge in [0.05, 0.1) is 39.0 Å². The highest BCUT2D eigenvalue weighted by Gasteiger charge is 2.19. The lowest BCUT2D eigenvalue weighted by Gasteiger charge is -2.13. The van der Waals surface area contributed by atoms with Crippen molar-refractivity contribution in [2.24, 2.45) is 5.73 Å². The Morgan fingerprint density at radius 3 is 2.71 bits per heavy atom. The van der Waals surface area contributed by atoms with E-state index in [2.05, 4.69) is 10.3 Å². The molecule has 0 aliphatic carbocycles. The summed E-state index contributed by atoms with van der Waals surface area (Å²) in [5.41, 5.74) is 6.89. The fraction of sp³-hybridized carbons (Fsp3) is 0.167. The maximum absolute atomic E-state index is 12.8. The molecule has 0 saturated carbocycles. The van der Waals surface area contributed by atoms with Crippen molar-refractivity contribution < 1.29 is 14.3 Å². The Labute approximate surface area is 174 Å². The third-order valence-electron chi connectivity index (χ3n) is 3.72. The van der Waals surface area contributed by atoms with Crippen LogP contribution >= 0.6 is 34.7 Å². The molecule has 0 bridgehead atoms. The van der Waals surface area contributed by atoms with Crippen LogP contribution in [0.4, 0.5) is 5.13 Å². The number of anilines is 1. The van der Waals surface area contributed by atoms with Crippen LogP contribution in [-0.4, -0.2) is 34.2 Å². The van der Waals surface area contributed by atoms with Crippen LogP contribution in [0, 0.1) is 6.92 Å². The second-order valence-electron chi connectivity index (χ2n) is 5.70. The number of rotatable bonds is 7. The third-order valence-corrected chi connectivity index (χ3v) is 6.48. The van der Waals surface area contributed by atoms with Gasteiger partial charge in [0.1, 0.15) is 5.75 Å². The quantitative estimate of drug-likeness (QED) is 0.549. The van der Waals surface area contributed by atoms with Crippen LogP contribution in [0.2, 0.25) is 5.02 Å². The lowest BCUT2D eigenvalue weighted by Crippen LogP contribution is -2.13. The largest absolute Gasteiger partial charge is 0.496 e. The first-order chi connectivity index (χ1) is 13.4. The second kappa shape index (κ2) is 8.68. The van der Waals surface area contributed by atoms with Gasteiger partial charge in [-0.3, -0.25) is 14.9 Å². The van der Waals surface area contributed by atoms with Crippen LogP contribution in [0.5, 0.6) is 5.75 Å². The minimum absolute atomic E-state index is 0.153. The third kappa shape index (κ3) is 4.49. The molecule has 2 amide bonds. The van der Waals surface area contributed by atoms with E-state index in [-0.39, 0.29) is 5.75 Å². The van der Waals surface area contributed by atoms with Gasteiger partial charge in [-0.2, -0.15) is 0 Å². The minimum atomic E-state index is -0.412. The minimum Gasteiger partial charge on any atom is -0.496 e. The number of aromatic nitrogens is 2. The number of carbonyl (C=O) groups excluding carboxylic acids is 2. The van der Waals surface area contributed by atoms with Gasteiger partial charge >= 0.3 is 0 Å². The summed E-state index contributed by atoms with van der Waals surface area (Å²) >= 11 is 8.95. The Kier molecular flexibility index (Phi) is 6.28. The molecule has 1 aromatic carbocycles. The van der Waals surface area contributed by atoms with Gasteiger partial charge in [-0.15, -0.1) is 11.8 Å². The zero-order valence-corrected chi connectivity index (χ0v) is 17.5. The number of benzene rings is 1. The maximum atomic E-state index is 12.8. The Hall–Kier alpha value is -2.49. The fourth-order valence-corrected chi connectivity index (χ4v) is 4.59. The zero-order valence-electron chi connectivity index (χ0n) is 15.1. The number of amides is 2. The van der Waals surface area contributed by atoms with E-state index in [1.165, 1.54) is 30.2 Å². The number of nitrogens with two attached hydrogens (primary N) is 1. The molecule has 0 spiro atoms. The molecule has 0 radical (unpaired) electrons. The van der Waals surface area contributed by atoms with Crippen molar-refractivity contribution >= 4 is 51.6 Å².